The average molecular weight is 440 g/mol. The van der Waals surface area contributed by atoms with Gasteiger partial charge in [-0.25, -0.2) is 0 Å². The van der Waals surface area contributed by atoms with E-state index in [2.05, 4.69) is 12.2 Å². The van der Waals surface area contributed by atoms with Gasteiger partial charge >= 0.3 is 0 Å². The fourth-order valence-corrected chi connectivity index (χ4v) is 4.03. The van der Waals surface area contributed by atoms with Gasteiger partial charge in [-0.05, 0) is 12.8 Å². The first-order chi connectivity index (χ1) is 15.1. The number of unbranched alkanes of at least 4 members (excludes halogenated alkanes) is 18. The number of nitrogens with one attached hydrogen (secondary N) is 1. The SMILES string of the molecule is CCCCCCCCCCCCCCCCCCCC/C=C/C(O)C(CO)NC(C)=O. The van der Waals surface area contributed by atoms with Crippen LogP contribution in [0.3, 0.4) is 0 Å². The van der Waals surface area contributed by atoms with E-state index < -0.39 is 12.1 Å². The van der Waals surface area contributed by atoms with Crippen molar-refractivity contribution < 1.29 is 15.0 Å². The Kier molecular flexibility index (Phi) is 23.1. The van der Waals surface area contributed by atoms with Crippen molar-refractivity contribution in [3.63, 3.8) is 0 Å². The summed E-state index contributed by atoms with van der Waals surface area (Å²) >= 11 is 0. The number of hydrogen-bond donors (Lipinski definition) is 3. The second kappa shape index (κ2) is 23.8. The van der Waals surface area contributed by atoms with Gasteiger partial charge in [0.1, 0.15) is 0 Å². The van der Waals surface area contributed by atoms with Gasteiger partial charge in [0, 0.05) is 6.92 Å². The lowest BCUT2D eigenvalue weighted by Crippen LogP contribution is -2.44. The van der Waals surface area contributed by atoms with Crippen molar-refractivity contribution in [2.24, 2.45) is 0 Å². The quantitative estimate of drug-likeness (QED) is 0.121. The molecule has 1 amide bonds. The van der Waals surface area contributed by atoms with Gasteiger partial charge < -0.3 is 15.5 Å². The van der Waals surface area contributed by atoms with Crippen LogP contribution in [0.15, 0.2) is 12.2 Å². The summed E-state index contributed by atoms with van der Waals surface area (Å²) in [6.07, 6.45) is 28.6. The molecule has 0 aliphatic carbocycles. The molecule has 4 heteroatoms. The van der Waals surface area contributed by atoms with Gasteiger partial charge in [0.25, 0.3) is 0 Å². The minimum Gasteiger partial charge on any atom is -0.394 e. The highest BCUT2D eigenvalue weighted by Gasteiger charge is 2.15. The van der Waals surface area contributed by atoms with Crippen LogP contribution in [0, 0.1) is 0 Å². The predicted molar refractivity (Wildman–Crippen MR) is 133 cm³/mol. The Bertz CT molecular complexity index is 411. The maximum atomic E-state index is 11.0. The third-order valence-electron chi connectivity index (χ3n) is 6.06. The van der Waals surface area contributed by atoms with Crippen molar-refractivity contribution >= 4 is 5.91 Å². The van der Waals surface area contributed by atoms with Gasteiger partial charge in [0.2, 0.25) is 5.91 Å². The monoisotopic (exact) mass is 439 g/mol. The normalized spacial score (nSPS) is 13.5. The Morgan fingerprint density at radius 3 is 1.48 bits per heavy atom. The summed E-state index contributed by atoms with van der Waals surface area (Å²) in [7, 11) is 0. The first kappa shape index (κ1) is 30.1. The lowest BCUT2D eigenvalue weighted by Gasteiger charge is -2.18. The molecule has 2 atom stereocenters. The number of rotatable bonds is 23. The molecule has 0 rings (SSSR count). The lowest BCUT2D eigenvalue weighted by molar-refractivity contribution is -0.120. The zero-order valence-corrected chi connectivity index (χ0v) is 20.8. The van der Waals surface area contributed by atoms with E-state index in [4.69, 9.17) is 0 Å². The fourth-order valence-electron chi connectivity index (χ4n) is 4.03. The number of hydrogen-bond acceptors (Lipinski definition) is 3. The van der Waals surface area contributed by atoms with E-state index >= 15 is 0 Å². The van der Waals surface area contributed by atoms with E-state index in [9.17, 15) is 15.0 Å². The van der Waals surface area contributed by atoms with E-state index in [0.29, 0.717) is 0 Å². The third-order valence-corrected chi connectivity index (χ3v) is 6.06. The molecule has 0 aromatic heterocycles. The molecule has 184 valence electrons. The summed E-state index contributed by atoms with van der Waals surface area (Å²) in [5.41, 5.74) is 0. The lowest BCUT2D eigenvalue weighted by atomic mass is 10.0. The molecular formula is C27H53NO3. The summed E-state index contributed by atoms with van der Waals surface area (Å²) in [5, 5.41) is 21.7. The average Bonchev–Trinajstić information content (AvgIpc) is 2.75. The van der Waals surface area contributed by atoms with Crippen LogP contribution < -0.4 is 5.32 Å². The van der Waals surface area contributed by atoms with Crippen LogP contribution in [-0.4, -0.2) is 34.9 Å². The van der Waals surface area contributed by atoms with E-state index in [0.717, 1.165) is 12.8 Å². The van der Waals surface area contributed by atoms with Crippen molar-refractivity contribution in [1.82, 2.24) is 5.32 Å². The smallest absolute Gasteiger partial charge is 0.217 e. The summed E-state index contributed by atoms with van der Waals surface area (Å²) in [6.45, 7) is 3.41. The Balaban J connectivity index is 3.30. The number of amides is 1. The second-order valence-corrected chi connectivity index (χ2v) is 9.21. The molecule has 31 heavy (non-hydrogen) atoms. The topological polar surface area (TPSA) is 69.6 Å². The minimum atomic E-state index is -0.829. The zero-order valence-electron chi connectivity index (χ0n) is 20.8. The molecule has 4 nitrogen and oxygen atoms in total. The molecule has 0 heterocycles. The molecule has 0 fully saturated rings. The largest absolute Gasteiger partial charge is 0.394 e. The van der Waals surface area contributed by atoms with Crippen LogP contribution in [0.25, 0.3) is 0 Å². The van der Waals surface area contributed by atoms with Crippen molar-refractivity contribution in [2.75, 3.05) is 6.61 Å². The molecule has 0 bridgehead atoms. The highest BCUT2D eigenvalue weighted by atomic mass is 16.3. The van der Waals surface area contributed by atoms with Gasteiger partial charge in [-0.15, -0.1) is 0 Å². The maximum absolute atomic E-state index is 11.0. The summed E-state index contributed by atoms with van der Waals surface area (Å²) in [4.78, 5) is 11.0. The molecule has 0 aromatic rings. The molecule has 0 saturated carbocycles. The zero-order chi connectivity index (χ0) is 23.0. The van der Waals surface area contributed by atoms with E-state index in [1.165, 1.54) is 116 Å². The summed E-state index contributed by atoms with van der Waals surface area (Å²) in [6, 6.07) is -0.617. The minimum absolute atomic E-state index is 0.241. The number of carbonyl (C=O) groups excluding carboxylic acids is 1. The van der Waals surface area contributed by atoms with Crippen LogP contribution in [0.1, 0.15) is 136 Å². The number of aliphatic hydroxyl groups excluding tert-OH is 2. The van der Waals surface area contributed by atoms with Gasteiger partial charge in [0.15, 0.2) is 0 Å². The van der Waals surface area contributed by atoms with E-state index in [1.54, 1.807) is 6.08 Å². The predicted octanol–water partition coefficient (Wildman–Crippen LogP) is 6.83. The molecular weight excluding hydrogens is 386 g/mol. The molecule has 0 radical (unpaired) electrons. The van der Waals surface area contributed by atoms with Crippen LogP contribution in [0.4, 0.5) is 0 Å². The van der Waals surface area contributed by atoms with E-state index in [1.807, 2.05) is 6.08 Å². The number of allylic oxidation sites excluding steroid dienone is 1. The molecule has 0 spiro atoms. The van der Waals surface area contributed by atoms with Gasteiger partial charge in [-0.1, -0.05) is 128 Å². The standard InChI is InChI=1S/C27H53NO3/c1-3-4-5-6-7-8-9-10-11-12-13-14-15-16-17-18-19-20-21-22-23-27(31)26(24-29)28-25(2)30/h22-23,26-27,29,31H,3-21,24H2,1-2H3,(H,28,30)/b23-22+. The molecule has 2 unspecified atom stereocenters. The maximum Gasteiger partial charge on any atom is 0.217 e. The highest BCUT2D eigenvalue weighted by molar-refractivity contribution is 5.73. The van der Waals surface area contributed by atoms with Gasteiger partial charge in [-0.2, -0.15) is 0 Å². The second-order valence-electron chi connectivity index (χ2n) is 9.21. The molecule has 0 aliphatic heterocycles. The molecule has 0 aromatic carbocycles. The first-order valence-electron chi connectivity index (χ1n) is 13.3. The number of carbonyl (C=O) groups is 1. The van der Waals surface area contributed by atoms with Crippen molar-refractivity contribution in [2.45, 2.75) is 148 Å². The van der Waals surface area contributed by atoms with Gasteiger partial charge in [-0.3, -0.25) is 4.79 Å². The Labute approximate surface area is 193 Å². The van der Waals surface area contributed by atoms with Crippen molar-refractivity contribution in [1.29, 1.82) is 0 Å². The van der Waals surface area contributed by atoms with Crippen LogP contribution in [-0.2, 0) is 4.79 Å². The van der Waals surface area contributed by atoms with Crippen LogP contribution >= 0.6 is 0 Å². The summed E-state index contributed by atoms with van der Waals surface area (Å²) < 4.78 is 0. The summed E-state index contributed by atoms with van der Waals surface area (Å²) in [5.74, 6) is -0.241. The van der Waals surface area contributed by atoms with Crippen molar-refractivity contribution in [3.05, 3.63) is 12.2 Å². The van der Waals surface area contributed by atoms with Gasteiger partial charge in [0.05, 0.1) is 18.8 Å². The molecule has 0 saturated heterocycles. The Hall–Kier alpha value is -0.870. The third kappa shape index (κ3) is 22.1. The Morgan fingerprint density at radius 1 is 0.742 bits per heavy atom. The fraction of sp³-hybridized carbons (Fsp3) is 0.889. The Morgan fingerprint density at radius 2 is 1.13 bits per heavy atom. The number of aliphatic hydroxyl groups is 2. The highest BCUT2D eigenvalue weighted by Crippen LogP contribution is 2.14. The molecule has 0 aliphatic rings. The first-order valence-corrected chi connectivity index (χ1v) is 13.3. The molecule has 3 N–H and O–H groups in total. The van der Waals surface area contributed by atoms with E-state index in [-0.39, 0.29) is 12.5 Å². The van der Waals surface area contributed by atoms with Crippen LogP contribution in [0.2, 0.25) is 0 Å². The van der Waals surface area contributed by atoms with Crippen LogP contribution in [0.5, 0.6) is 0 Å². The van der Waals surface area contributed by atoms with Crippen molar-refractivity contribution in [3.8, 4) is 0 Å².